The van der Waals surface area contributed by atoms with Crippen molar-refractivity contribution in [2.75, 3.05) is 0 Å². The van der Waals surface area contributed by atoms with Crippen LogP contribution in [0.3, 0.4) is 0 Å². The Morgan fingerprint density at radius 2 is 2.21 bits per heavy atom. The molecule has 6 nitrogen and oxygen atoms in total. The van der Waals surface area contributed by atoms with Crippen molar-refractivity contribution in [3.05, 3.63) is 23.7 Å². The third kappa shape index (κ3) is 1.31. The second-order valence-electron chi connectivity index (χ2n) is 2.71. The van der Waals surface area contributed by atoms with E-state index in [4.69, 9.17) is 10.2 Å². The Bertz CT molecular complexity index is 492. The van der Waals surface area contributed by atoms with Crippen molar-refractivity contribution in [3.8, 4) is 0 Å². The summed E-state index contributed by atoms with van der Waals surface area (Å²) in [4.78, 5) is 21.1. The van der Waals surface area contributed by atoms with E-state index in [-0.39, 0.29) is 12.3 Å². The molecular formula is C8H7N3O3. The molecule has 6 heteroatoms. The number of pyridine rings is 1. The summed E-state index contributed by atoms with van der Waals surface area (Å²) in [7, 11) is 0. The highest BCUT2D eigenvalue weighted by molar-refractivity contribution is 5.88. The Balaban J connectivity index is 2.59. The molecule has 0 unspecified atom stereocenters. The number of carboxylic acid groups (broad SMARTS) is 1. The molecule has 0 atom stereocenters. The smallest absolute Gasteiger partial charge is 0.354 e. The molecule has 2 aromatic rings. The Morgan fingerprint density at radius 1 is 1.43 bits per heavy atom. The van der Waals surface area contributed by atoms with Crippen molar-refractivity contribution >= 4 is 17.1 Å². The summed E-state index contributed by atoms with van der Waals surface area (Å²) in [6, 6.07) is 2.95. The van der Waals surface area contributed by atoms with Gasteiger partial charge in [0.15, 0.2) is 11.3 Å². The van der Waals surface area contributed by atoms with Gasteiger partial charge in [0, 0.05) is 0 Å². The number of aromatic nitrogens is 3. The molecule has 0 aliphatic carbocycles. The summed E-state index contributed by atoms with van der Waals surface area (Å²) >= 11 is 0. The van der Waals surface area contributed by atoms with Gasteiger partial charge >= 0.3 is 5.97 Å². The third-order valence-corrected chi connectivity index (χ3v) is 1.76. The van der Waals surface area contributed by atoms with Gasteiger partial charge in [0.05, 0.1) is 5.52 Å². The second kappa shape index (κ2) is 3.08. The SMILES string of the molecule is O=C(O)c1ccc2[nH]c(CO)nc2n1. The molecule has 3 N–H and O–H groups in total. The number of H-pyrrole nitrogens is 1. The number of aromatic amines is 1. The Labute approximate surface area is 78.2 Å². The number of nitrogens with zero attached hydrogens (tertiary/aromatic N) is 2. The predicted octanol–water partition coefficient (Wildman–Crippen LogP) is 0.148. The molecule has 0 aliphatic heterocycles. The maximum Gasteiger partial charge on any atom is 0.354 e. The van der Waals surface area contributed by atoms with Gasteiger partial charge in [0.1, 0.15) is 12.4 Å². The van der Waals surface area contributed by atoms with Crippen LogP contribution in [0.5, 0.6) is 0 Å². The van der Waals surface area contributed by atoms with Gasteiger partial charge in [0.25, 0.3) is 0 Å². The molecule has 0 saturated carbocycles. The summed E-state index contributed by atoms with van der Waals surface area (Å²) in [5.41, 5.74) is 0.849. The Hall–Kier alpha value is -1.95. The van der Waals surface area contributed by atoms with E-state index in [1.54, 1.807) is 6.07 Å². The first-order valence-electron chi connectivity index (χ1n) is 3.90. The van der Waals surface area contributed by atoms with E-state index in [0.717, 1.165) is 0 Å². The number of carboxylic acids is 1. The first-order valence-corrected chi connectivity index (χ1v) is 3.90. The second-order valence-corrected chi connectivity index (χ2v) is 2.71. The fourth-order valence-electron chi connectivity index (χ4n) is 1.14. The van der Waals surface area contributed by atoms with Crippen LogP contribution in [0.2, 0.25) is 0 Å². The van der Waals surface area contributed by atoms with Crippen LogP contribution < -0.4 is 0 Å². The number of hydrogen-bond acceptors (Lipinski definition) is 4. The molecular weight excluding hydrogens is 186 g/mol. The number of fused-ring (bicyclic) bond motifs is 1. The minimum atomic E-state index is -1.10. The fraction of sp³-hybridized carbons (Fsp3) is 0.125. The van der Waals surface area contributed by atoms with Crippen LogP contribution in [-0.4, -0.2) is 31.1 Å². The molecule has 14 heavy (non-hydrogen) atoms. The molecule has 0 saturated heterocycles. The van der Waals surface area contributed by atoms with Crippen LogP contribution in [0, 0.1) is 0 Å². The lowest BCUT2D eigenvalue weighted by atomic mass is 10.3. The van der Waals surface area contributed by atoms with Gasteiger partial charge in [0.2, 0.25) is 0 Å². The minimum absolute atomic E-state index is 0.0616. The summed E-state index contributed by atoms with van der Waals surface area (Å²) in [5.74, 6) is -0.726. The molecule has 0 bridgehead atoms. The predicted molar refractivity (Wildman–Crippen MR) is 46.8 cm³/mol. The topological polar surface area (TPSA) is 99.1 Å². The lowest BCUT2D eigenvalue weighted by Gasteiger charge is -1.91. The van der Waals surface area contributed by atoms with Gasteiger partial charge in [-0.3, -0.25) is 0 Å². The molecule has 0 amide bonds. The maximum atomic E-state index is 10.6. The molecule has 0 spiro atoms. The summed E-state index contributed by atoms with van der Waals surface area (Å²) in [5, 5.41) is 17.4. The largest absolute Gasteiger partial charge is 0.477 e. The minimum Gasteiger partial charge on any atom is -0.477 e. The number of aliphatic hydroxyl groups excluding tert-OH is 1. The summed E-state index contributed by atoms with van der Waals surface area (Å²) in [6.45, 7) is -0.223. The van der Waals surface area contributed by atoms with Crippen molar-refractivity contribution in [3.63, 3.8) is 0 Å². The first kappa shape index (κ1) is 8.64. The Morgan fingerprint density at radius 3 is 2.86 bits per heavy atom. The third-order valence-electron chi connectivity index (χ3n) is 1.76. The lowest BCUT2D eigenvalue weighted by Crippen LogP contribution is -1.99. The molecule has 0 aliphatic rings. The average Bonchev–Trinajstić information content (AvgIpc) is 2.58. The van der Waals surface area contributed by atoms with Crippen molar-refractivity contribution in [1.29, 1.82) is 0 Å². The highest BCUT2D eigenvalue weighted by Crippen LogP contribution is 2.09. The van der Waals surface area contributed by atoms with Gasteiger partial charge in [-0.1, -0.05) is 0 Å². The van der Waals surface area contributed by atoms with Gasteiger partial charge in [-0.2, -0.15) is 0 Å². The van der Waals surface area contributed by atoms with Crippen LogP contribution in [0.25, 0.3) is 11.2 Å². The number of aliphatic hydroxyl groups is 1. The van der Waals surface area contributed by atoms with Crippen LogP contribution in [0.4, 0.5) is 0 Å². The van der Waals surface area contributed by atoms with Crippen LogP contribution in [0.15, 0.2) is 12.1 Å². The standard InChI is InChI=1S/C8H7N3O3/c12-3-6-9-4-1-2-5(8(13)14)10-7(4)11-6/h1-2,12H,3H2,(H,13,14)(H,9,10,11). The van der Waals surface area contributed by atoms with Gasteiger partial charge in [-0.05, 0) is 12.1 Å². The Kier molecular flexibility index (Phi) is 1.90. The number of nitrogens with one attached hydrogen (secondary N) is 1. The van der Waals surface area contributed by atoms with Gasteiger partial charge in [-0.15, -0.1) is 0 Å². The highest BCUT2D eigenvalue weighted by atomic mass is 16.4. The molecule has 0 fully saturated rings. The lowest BCUT2D eigenvalue weighted by molar-refractivity contribution is 0.0691. The van der Waals surface area contributed by atoms with E-state index >= 15 is 0 Å². The summed E-state index contributed by atoms with van der Waals surface area (Å²) in [6.07, 6.45) is 0. The van der Waals surface area contributed by atoms with Crippen molar-refractivity contribution in [1.82, 2.24) is 15.0 Å². The molecule has 2 rings (SSSR count). The number of carbonyl (C=O) groups is 1. The van der Waals surface area contributed by atoms with Crippen LogP contribution >= 0.6 is 0 Å². The zero-order valence-corrected chi connectivity index (χ0v) is 7.06. The zero-order valence-electron chi connectivity index (χ0n) is 7.06. The quantitative estimate of drug-likeness (QED) is 0.630. The molecule has 0 aromatic carbocycles. The highest BCUT2D eigenvalue weighted by Gasteiger charge is 2.08. The normalized spacial score (nSPS) is 10.6. The van der Waals surface area contributed by atoms with Crippen molar-refractivity contribution < 1.29 is 15.0 Å². The van der Waals surface area contributed by atoms with E-state index in [9.17, 15) is 4.79 Å². The fourth-order valence-corrected chi connectivity index (χ4v) is 1.14. The summed E-state index contributed by atoms with van der Waals surface area (Å²) < 4.78 is 0. The number of rotatable bonds is 2. The van der Waals surface area contributed by atoms with Crippen molar-refractivity contribution in [2.45, 2.75) is 6.61 Å². The first-order chi connectivity index (χ1) is 6.70. The van der Waals surface area contributed by atoms with E-state index in [2.05, 4.69) is 15.0 Å². The number of imidazole rings is 1. The molecule has 0 radical (unpaired) electrons. The van der Waals surface area contributed by atoms with E-state index < -0.39 is 5.97 Å². The number of aromatic carboxylic acids is 1. The molecule has 72 valence electrons. The van der Waals surface area contributed by atoms with E-state index in [1.165, 1.54) is 6.07 Å². The molecule has 2 heterocycles. The van der Waals surface area contributed by atoms with Crippen LogP contribution in [0.1, 0.15) is 16.3 Å². The van der Waals surface area contributed by atoms with Crippen LogP contribution in [-0.2, 0) is 6.61 Å². The van der Waals surface area contributed by atoms with Gasteiger partial charge in [-0.25, -0.2) is 14.8 Å². The average molecular weight is 193 g/mol. The monoisotopic (exact) mass is 193 g/mol. The number of hydrogen-bond donors (Lipinski definition) is 3. The van der Waals surface area contributed by atoms with Crippen molar-refractivity contribution in [2.24, 2.45) is 0 Å². The van der Waals surface area contributed by atoms with E-state index in [1.807, 2.05) is 0 Å². The van der Waals surface area contributed by atoms with Gasteiger partial charge < -0.3 is 15.2 Å². The molecule has 2 aromatic heterocycles. The van der Waals surface area contributed by atoms with E-state index in [0.29, 0.717) is 17.0 Å². The maximum absolute atomic E-state index is 10.6. The zero-order chi connectivity index (χ0) is 10.1.